The number of nitrogens with zero attached hydrogens (tertiary/aromatic N) is 2. The van der Waals surface area contributed by atoms with Crippen LogP contribution in [0.4, 0.5) is 5.69 Å². The molecule has 2 aromatic heterocycles. The fourth-order valence-electron chi connectivity index (χ4n) is 3.57. The molecule has 32 heavy (non-hydrogen) atoms. The predicted octanol–water partition coefficient (Wildman–Crippen LogP) is 6.42. The Bertz CT molecular complexity index is 1400. The first-order valence-corrected chi connectivity index (χ1v) is 11.2. The summed E-state index contributed by atoms with van der Waals surface area (Å²) in [5, 5.41) is 11.0. The van der Waals surface area contributed by atoms with Gasteiger partial charge in [-0.15, -0.1) is 11.3 Å². The van der Waals surface area contributed by atoms with Gasteiger partial charge < -0.3 is 9.84 Å². The van der Waals surface area contributed by atoms with Crippen molar-refractivity contribution in [3.63, 3.8) is 0 Å². The first kappa shape index (κ1) is 20.2. The number of carbonyl (C=O) groups is 1. The number of benzene rings is 3. The van der Waals surface area contributed by atoms with Gasteiger partial charge >= 0.3 is 0 Å². The summed E-state index contributed by atoms with van der Waals surface area (Å²) >= 11 is 1.62. The Morgan fingerprint density at radius 2 is 1.72 bits per heavy atom. The van der Waals surface area contributed by atoms with Gasteiger partial charge in [-0.25, -0.2) is 4.98 Å². The first-order valence-electron chi connectivity index (χ1n) is 10.3. The fraction of sp³-hybridized carbons (Fsp3) is 0.115. The highest BCUT2D eigenvalue weighted by molar-refractivity contribution is 7.13. The van der Waals surface area contributed by atoms with Crippen molar-refractivity contribution < 1.29 is 9.32 Å². The van der Waals surface area contributed by atoms with E-state index >= 15 is 0 Å². The highest BCUT2D eigenvalue weighted by Crippen LogP contribution is 2.29. The Kier molecular flexibility index (Phi) is 5.29. The number of carbonyl (C=O) groups excluding carboxylic acids is 1. The minimum atomic E-state index is -0.133. The van der Waals surface area contributed by atoms with Crippen LogP contribution < -0.4 is 5.32 Å². The molecule has 0 atom stereocenters. The lowest BCUT2D eigenvalue weighted by Gasteiger charge is -2.05. The van der Waals surface area contributed by atoms with E-state index in [1.807, 2.05) is 68.4 Å². The average molecular weight is 440 g/mol. The molecule has 0 aliphatic rings. The Balaban J connectivity index is 1.28. The van der Waals surface area contributed by atoms with Gasteiger partial charge in [0.05, 0.1) is 12.1 Å². The lowest BCUT2D eigenvalue weighted by atomic mass is 10.1. The van der Waals surface area contributed by atoms with Crippen molar-refractivity contribution >= 4 is 33.9 Å². The molecule has 3 aromatic carbocycles. The third-order valence-electron chi connectivity index (χ3n) is 5.48. The summed E-state index contributed by atoms with van der Waals surface area (Å²) in [4.78, 5) is 17.3. The fourth-order valence-corrected chi connectivity index (χ4v) is 4.41. The number of aromatic nitrogens is 2. The minimum Gasteiger partial charge on any atom is -0.356 e. The quantitative estimate of drug-likeness (QED) is 0.343. The van der Waals surface area contributed by atoms with Crippen LogP contribution in [0.15, 0.2) is 76.6 Å². The molecule has 0 unspecified atom stereocenters. The third kappa shape index (κ3) is 4.05. The van der Waals surface area contributed by atoms with Gasteiger partial charge in [0, 0.05) is 27.6 Å². The highest BCUT2D eigenvalue weighted by Gasteiger charge is 2.14. The smallest absolute Gasteiger partial charge is 0.230 e. The van der Waals surface area contributed by atoms with Crippen molar-refractivity contribution in [2.24, 2.45) is 0 Å². The molecule has 0 spiro atoms. The van der Waals surface area contributed by atoms with Crippen molar-refractivity contribution in [1.29, 1.82) is 0 Å². The lowest BCUT2D eigenvalue weighted by Crippen LogP contribution is -2.14. The normalized spacial score (nSPS) is 11.1. The van der Waals surface area contributed by atoms with Crippen molar-refractivity contribution in [3.8, 4) is 21.8 Å². The van der Waals surface area contributed by atoms with Crippen LogP contribution in [0.1, 0.15) is 16.8 Å². The Morgan fingerprint density at radius 3 is 2.50 bits per heavy atom. The second-order valence-electron chi connectivity index (χ2n) is 7.77. The van der Waals surface area contributed by atoms with Crippen LogP contribution in [-0.4, -0.2) is 16.0 Å². The molecule has 1 amide bonds. The number of thiazole rings is 1. The molecule has 5 rings (SSSR count). The average Bonchev–Trinajstić information content (AvgIpc) is 3.43. The number of nitrogens with one attached hydrogen (secondary N) is 1. The summed E-state index contributed by atoms with van der Waals surface area (Å²) in [6.07, 6.45) is 0.157. The Hall–Kier alpha value is -3.77. The standard InChI is InChI=1S/C26H21N3O2S/c1-16-12-21-22(29-31-24(21)13-17(16)2)14-25(30)27-20-10-8-18(9-11-20)23-15-32-26(28-23)19-6-4-3-5-7-19/h3-13,15H,14H2,1-2H3,(H,27,30). The molecule has 5 aromatic rings. The van der Waals surface area contributed by atoms with E-state index in [4.69, 9.17) is 9.51 Å². The molecule has 0 aliphatic heterocycles. The Morgan fingerprint density at radius 1 is 0.969 bits per heavy atom. The molecule has 5 nitrogen and oxygen atoms in total. The summed E-state index contributed by atoms with van der Waals surface area (Å²) in [6.45, 7) is 4.07. The molecule has 6 heteroatoms. The summed E-state index contributed by atoms with van der Waals surface area (Å²) in [7, 11) is 0. The largest absolute Gasteiger partial charge is 0.356 e. The molecule has 0 radical (unpaired) electrons. The maximum Gasteiger partial charge on any atom is 0.230 e. The van der Waals surface area contributed by atoms with Crippen molar-refractivity contribution in [1.82, 2.24) is 10.1 Å². The van der Waals surface area contributed by atoms with Gasteiger partial charge in [-0.1, -0.05) is 47.6 Å². The number of anilines is 1. The van der Waals surface area contributed by atoms with Crippen LogP contribution in [0.25, 0.3) is 32.8 Å². The maximum atomic E-state index is 12.6. The topological polar surface area (TPSA) is 68.0 Å². The molecule has 0 bridgehead atoms. The molecule has 2 heterocycles. The molecule has 0 fully saturated rings. The zero-order valence-corrected chi connectivity index (χ0v) is 18.6. The molecule has 158 valence electrons. The van der Waals surface area contributed by atoms with E-state index in [1.165, 1.54) is 0 Å². The van der Waals surface area contributed by atoms with Crippen molar-refractivity contribution in [2.75, 3.05) is 5.32 Å². The third-order valence-corrected chi connectivity index (χ3v) is 6.37. The van der Waals surface area contributed by atoms with Gasteiger partial charge in [-0.2, -0.15) is 0 Å². The summed E-state index contributed by atoms with van der Waals surface area (Å²) < 4.78 is 5.40. The minimum absolute atomic E-state index is 0.133. The van der Waals surface area contributed by atoms with Gasteiger partial charge in [-0.3, -0.25) is 4.79 Å². The van der Waals surface area contributed by atoms with Crippen LogP contribution in [-0.2, 0) is 11.2 Å². The van der Waals surface area contributed by atoms with E-state index in [9.17, 15) is 4.79 Å². The second kappa shape index (κ2) is 8.40. The number of fused-ring (bicyclic) bond motifs is 1. The predicted molar refractivity (Wildman–Crippen MR) is 129 cm³/mol. The Labute approximate surface area is 189 Å². The molecule has 1 N–H and O–H groups in total. The van der Waals surface area contributed by atoms with Crippen molar-refractivity contribution in [2.45, 2.75) is 20.3 Å². The molecule has 0 aliphatic carbocycles. The number of amides is 1. The number of rotatable bonds is 5. The number of aryl methyl sites for hydroxylation is 2. The van der Waals surface area contributed by atoms with Gasteiger partial charge in [0.15, 0.2) is 5.58 Å². The van der Waals surface area contributed by atoms with E-state index < -0.39 is 0 Å². The maximum absolute atomic E-state index is 12.6. The van der Waals surface area contributed by atoms with Gasteiger partial charge in [-0.05, 0) is 49.2 Å². The van der Waals surface area contributed by atoms with E-state index in [1.54, 1.807) is 11.3 Å². The summed E-state index contributed by atoms with van der Waals surface area (Å²) in [6, 6.07) is 21.8. The zero-order valence-electron chi connectivity index (χ0n) is 17.8. The number of hydrogen-bond donors (Lipinski definition) is 1. The van der Waals surface area contributed by atoms with E-state index in [-0.39, 0.29) is 12.3 Å². The molecule has 0 saturated carbocycles. The molecule has 0 saturated heterocycles. The SMILES string of the molecule is Cc1cc2onc(CC(=O)Nc3ccc(-c4csc(-c5ccccc5)n4)cc3)c2cc1C. The van der Waals surface area contributed by atoms with Crippen LogP contribution >= 0.6 is 11.3 Å². The van der Waals surface area contributed by atoms with Crippen LogP contribution in [0.2, 0.25) is 0 Å². The summed E-state index contributed by atoms with van der Waals surface area (Å²) in [5.74, 6) is -0.133. The first-order chi connectivity index (χ1) is 15.6. The van der Waals surface area contributed by atoms with Gasteiger partial charge in [0.2, 0.25) is 5.91 Å². The summed E-state index contributed by atoms with van der Waals surface area (Å²) in [5.41, 5.74) is 7.42. The van der Waals surface area contributed by atoms with Crippen LogP contribution in [0.3, 0.4) is 0 Å². The monoisotopic (exact) mass is 439 g/mol. The van der Waals surface area contributed by atoms with Crippen LogP contribution in [0.5, 0.6) is 0 Å². The van der Waals surface area contributed by atoms with E-state index in [2.05, 4.69) is 28.0 Å². The van der Waals surface area contributed by atoms with Gasteiger partial charge in [0.25, 0.3) is 0 Å². The van der Waals surface area contributed by atoms with Crippen LogP contribution in [0, 0.1) is 13.8 Å². The van der Waals surface area contributed by atoms with E-state index in [0.717, 1.165) is 44.0 Å². The molecular weight excluding hydrogens is 418 g/mol. The van der Waals surface area contributed by atoms with Crippen molar-refractivity contribution in [3.05, 3.63) is 88.9 Å². The second-order valence-corrected chi connectivity index (χ2v) is 8.63. The lowest BCUT2D eigenvalue weighted by molar-refractivity contribution is -0.115. The molecular formula is C26H21N3O2S. The zero-order chi connectivity index (χ0) is 22.1. The number of hydrogen-bond acceptors (Lipinski definition) is 5. The van der Waals surface area contributed by atoms with Gasteiger partial charge in [0.1, 0.15) is 10.7 Å². The van der Waals surface area contributed by atoms with E-state index in [0.29, 0.717) is 11.3 Å². The highest BCUT2D eigenvalue weighted by atomic mass is 32.1.